The number of carbonyl (C=O) groups excluding carboxylic acids is 2. The molecule has 11 heteroatoms. The Hall–Kier alpha value is -3.89. The monoisotopic (exact) mass is 602 g/mol. The molecule has 1 aliphatic rings. The summed E-state index contributed by atoms with van der Waals surface area (Å²) >= 11 is 6.62. The van der Waals surface area contributed by atoms with Gasteiger partial charge in [-0.1, -0.05) is 62.7 Å². The van der Waals surface area contributed by atoms with Gasteiger partial charge in [0.05, 0.1) is 43.4 Å². The van der Waals surface area contributed by atoms with Crippen LogP contribution < -0.4 is 20.5 Å². The van der Waals surface area contributed by atoms with E-state index in [1.54, 1.807) is 12.1 Å². The van der Waals surface area contributed by atoms with Gasteiger partial charge in [-0.15, -0.1) is 0 Å². The zero-order valence-electron chi connectivity index (χ0n) is 24.1. The molecule has 3 aromatic rings. The van der Waals surface area contributed by atoms with Crippen molar-refractivity contribution in [3.05, 3.63) is 81.9 Å². The number of hydrogen-bond acceptors (Lipinski definition) is 6. The van der Waals surface area contributed by atoms with Crippen LogP contribution >= 0.6 is 11.6 Å². The average Bonchev–Trinajstić information content (AvgIpc) is 3.26. The molecule has 0 fully saturated rings. The predicted molar refractivity (Wildman–Crippen MR) is 154 cm³/mol. The minimum absolute atomic E-state index is 0.0244. The third-order valence-electron chi connectivity index (χ3n) is 7.51. The van der Waals surface area contributed by atoms with Crippen LogP contribution in [0.15, 0.2) is 48.5 Å². The highest BCUT2D eigenvalue weighted by Gasteiger charge is 2.60. The fourth-order valence-corrected chi connectivity index (χ4v) is 6.08. The van der Waals surface area contributed by atoms with Crippen molar-refractivity contribution >= 4 is 23.6 Å². The number of nitrogens with one attached hydrogen (secondary N) is 1. The average molecular weight is 603 g/mol. The molecule has 0 aliphatic carbocycles. The third-order valence-corrected chi connectivity index (χ3v) is 7.88. The maximum atomic E-state index is 16.1. The Morgan fingerprint density at radius 1 is 1.10 bits per heavy atom. The summed E-state index contributed by atoms with van der Waals surface area (Å²) in [5, 5.41) is 2.47. The largest absolute Gasteiger partial charge is 0.494 e. The number of ether oxygens (including phenoxy) is 4. The van der Waals surface area contributed by atoms with E-state index in [9.17, 15) is 9.59 Å². The van der Waals surface area contributed by atoms with Crippen molar-refractivity contribution in [2.24, 2.45) is 11.1 Å². The van der Waals surface area contributed by atoms with Crippen LogP contribution in [-0.4, -0.2) is 46.0 Å². The molecule has 0 radical (unpaired) electrons. The van der Waals surface area contributed by atoms with Crippen LogP contribution in [0.25, 0.3) is 11.1 Å². The lowest BCUT2D eigenvalue weighted by molar-refractivity contribution is -0.0359. The van der Waals surface area contributed by atoms with Crippen molar-refractivity contribution in [1.29, 1.82) is 0 Å². The topological polar surface area (TPSA) is 109 Å². The lowest BCUT2D eigenvalue weighted by Gasteiger charge is -2.47. The van der Waals surface area contributed by atoms with Gasteiger partial charge in [-0.3, -0.25) is 4.79 Å². The van der Waals surface area contributed by atoms with E-state index in [1.807, 2.05) is 39.0 Å². The summed E-state index contributed by atoms with van der Waals surface area (Å²) in [5.74, 6) is -3.86. The molecule has 0 aromatic heterocycles. The Morgan fingerprint density at radius 2 is 1.76 bits per heavy atom. The van der Waals surface area contributed by atoms with Crippen LogP contribution in [-0.2, 0) is 15.1 Å². The van der Waals surface area contributed by atoms with Gasteiger partial charge in [0.25, 0.3) is 0 Å². The van der Waals surface area contributed by atoms with Gasteiger partial charge in [0.2, 0.25) is 5.91 Å². The second-order valence-electron chi connectivity index (χ2n) is 11.0. The Labute approximate surface area is 248 Å². The number of fused-ring (bicyclic) bond motifs is 1. The number of carbonyl (C=O) groups is 2. The number of amides is 2. The first-order chi connectivity index (χ1) is 19.8. The summed E-state index contributed by atoms with van der Waals surface area (Å²) in [6, 6.07) is 11.9. The van der Waals surface area contributed by atoms with Crippen molar-refractivity contribution < 1.29 is 37.3 Å². The molecule has 0 bridgehead atoms. The SMILES string of the molecule is COCC1c2c(cc(F)c(Cl)c2-c2c(C(N)=O)ccc(OC)c2F)OC1(c1ccccc1)C(NC(=O)OC)C(C)(C)C. The summed E-state index contributed by atoms with van der Waals surface area (Å²) in [4.78, 5) is 25.3. The molecular formula is C31H33ClF2N2O6. The van der Waals surface area contributed by atoms with Crippen LogP contribution in [0.5, 0.6) is 11.5 Å². The molecule has 2 amide bonds. The second-order valence-corrected chi connectivity index (χ2v) is 11.4. The van der Waals surface area contributed by atoms with Gasteiger partial charge in [0.1, 0.15) is 11.6 Å². The lowest BCUT2D eigenvalue weighted by atomic mass is 9.66. The first-order valence-corrected chi connectivity index (χ1v) is 13.5. The molecule has 3 unspecified atom stereocenters. The van der Waals surface area contributed by atoms with Crippen molar-refractivity contribution in [2.45, 2.75) is 38.3 Å². The number of hydrogen-bond donors (Lipinski definition) is 2. The predicted octanol–water partition coefficient (Wildman–Crippen LogP) is 6.18. The number of rotatable bonds is 8. The highest BCUT2D eigenvalue weighted by atomic mass is 35.5. The van der Waals surface area contributed by atoms with Crippen molar-refractivity contribution in [1.82, 2.24) is 5.32 Å². The summed E-state index contributed by atoms with van der Waals surface area (Å²) in [6.07, 6.45) is -0.722. The van der Waals surface area contributed by atoms with Crippen molar-refractivity contribution in [3.63, 3.8) is 0 Å². The van der Waals surface area contributed by atoms with E-state index >= 15 is 8.78 Å². The smallest absolute Gasteiger partial charge is 0.407 e. The lowest BCUT2D eigenvalue weighted by Crippen LogP contribution is -2.61. The minimum atomic E-state index is -1.46. The molecular weight excluding hydrogens is 570 g/mol. The van der Waals surface area contributed by atoms with Crippen LogP contribution in [0.1, 0.15) is 48.2 Å². The highest BCUT2D eigenvalue weighted by Crippen LogP contribution is 2.59. The maximum Gasteiger partial charge on any atom is 0.407 e. The van der Waals surface area contributed by atoms with Gasteiger partial charge < -0.3 is 30.0 Å². The van der Waals surface area contributed by atoms with E-state index in [0.29, 0.717) is 5.56 Å². The van der Waals surface area contributed by atoms with Crippen LogP contribution in [0.3, 0.4) is 0 Å². The van der Waals surface area contributed by atoms with Crippen molar-refractivity contribution in [2.75, 3.05) is 27.9 Å². The first-order valence-electron chi connectivity index (χ1n) is 13.1. The molecule has 0 saturated carbocycles. The zero-order chi connectivity index (χ0) is 31.0. The Bertz CT molecular complexity index is 1510. The molecule has 42 heavy (non-hydrogen) atoms. The molecule has 3 atom stereocenters. The molecule has 0 spiro atoms. The van der Waals surface area contributed by atoms with Crippen molar-refractivity contribution in [3.8, 4) is 22.6 Å². The summed E-state index contributed by atoms with van der Waals surface area (Å²) < 4.78 is 54.3. The zero-order valence-corrected chi connectivity index (χ0v) is 24.9. The Morgan fingerprint density at radius 3 is 2.31 bits per heavy atom. The van der Waals surface area contributed by atoms with Gasteiger partial charge in [-0.05, 0) is 23.1 Å². The van der Waals surface area contributed by atoms with Crippen LogP contribution in [0, 0.1) is 17.0 Å². The highest BCUT2D eigenvalue weighted by molar-refractivity contribution is 6.34. The Balaban J connectivity index is 2.18. The quantitative estimate of drug-likeness (QED) is 0.319. The molecule has 224 valence electrons. The van der Waals surface area contributed by atoms with Gasteiger partial charge in [0.15, 0.2) is 17.2 Å². The fraction of sp³-hybridized carbons (Fsp3) is 0.355. The van der Waals surface area contributed by atoms with Crippen LogP contribution in [0.2, 0.25) is 5.02 Å². The normalized spacial score (nSPS) is 18.5. The van der Waals surface area contributed by atoms with E-state index in [1.165, 1.54) is 33.5 Å². The summed E-state index contributed by atoms with van der Waals surface area (Å²) in [5.41, 5.74) is 3.67. The minimum Gasteiger partial charge on any atom is -0.494 e. The van der Waals surface area contributed by atoms with Crippen LogP contribution in [0.4, 0.5) is 13.6 Å². The van der Waals surface area contributed by atoms with E-state index in [2.05, 4.69) is 5.32 Å². The molecule has 1 aliphatic heterocycles. The summed E-state index contributed by atoms with van der Waals surface area (Å²) in [7, 11) is 3.97. The van der Waals surface area contributed by atoms with E-state index in [-0.39, 0.29) is 40.4 Å². The molecule has 0 saturated heterocycles. The van der Waals surface area contributed by atoms with E-state index < -0.39 is 51.6 Å². The van der Waals surface area contributed by atoms with Gasteiger partial charge in [0, 0.05) is 29.9 Å². The number of halogens is 3. The number of nitrogens with two attached hydrogens (primary N) is 1. The van der Waals surface area contributed by atoms with E-state index in [0.717, 1.165) is 6.07 Å². The first kappa shape index (κ1) is 31.1. The number of benzene rings is 3. The fourth-order valence-electron chi connectivity index (χ4n) is 5.83. The van der Waals surface area contributed by atoms with Gasteiger partial charge in [-0.2, -0.15) is 0 Å². The number of primary amides is 1. The van der Waals surface area contributed by atoms with Gasteiger partial charge in [-0.25, -0.2) is 13.6 Å². The van der Waals surface area contributed by atoms with E-state index in [4.69, 9.17) is 36.3 Å². The van der Waals surface area contributed by atoms with Gasteiger partial charge >= 0.3 is 6.09 Å². The molecule has 4 rings (SSSR count). The number of alkyl carbamates (subject to hydrolysis) is 1. The molecule has 3 N–H and O–H groups in total. The third kappa shape index (κ3) is 5.13. The number of methoxy groups -OCH3 is 3. The maximum absolute atomic E-state index is 16.1. The molecule has 3 aromatic carbocycles. The summed E-state index contributed by atoms with van der Waals surface area (Å²) in [6.45, 7) is 5.66. The standard InChI is InChI=1S/C31H33ClF2N2O6/c1-30(2,3)28(36-29(38)41-6)31(16-10-8-7-9-11-16)18(15-39-4)23-21(42-31)14-19(33)25(32)24(23)22-17(27(35)37)12-13-20(40-5)26(22)34/h7-14,18,28H,15H2,1-6H3,(H2,35,37)(H,36,38). The molecule has 1 heterocycles. The Kier molecular flexibility index (Phi) is 8.71. The molecule has 8 nitrogen and oxygen atoms in total. The second kappa shape index (κ2) is 11.8.